The van der Waals surface area contributed by atoms with E-state index < -0.39 is 11.9 Å². The van der Waals surface area contributed by atoms with Crippen LogP contribution < -0.4 is 0 Å². The first-order chi connectivity index (χ1) is 6.61. The van der Waals surface area contributed by atoms with Crippen molar-refractivity contribution in [2.24, 2.45) is 0 Å². The van der Waals surface area contributed by atoms with Gasteiger partial charge in [0, 0.05) is 10.5 Å². The molecule has 3 nitrogen and oxygen atoms in total. The SMILES string of the molecule is CCOC(=O)Cc1cc(Br)cc(F)n1. The molecule has 0 radical (unpaired) electrons. The predicted octanol–water partition coefficient (Wildman–Crippen LogP) is 2.09. The summed E-state index contributed by atoms with van der Waals surface area (Å²) >= 11 is 3.11. The molecule has 0 aliphatic rings. The maximum Gasteiger partial charge on any atom is 0.311 e. The summed E-state index contributed by atoms with van der Waals surface area (Å²) in [4.78, 5) is 14.6. The molecule has 0 fully saturated rings. The summed E-state index contributed by atoms with van der Waals surface area (Å²) in [5, 5.41) is 0. The lowest BCUT2D eigenvalue weighted by atomic mass is 10.3. The van der Waals surface area contributed by atoms with Crippen molar-refractivity contribution in [3.8, 4) is 0 Å². The summed E-state index contributed by atoms with van der Waals surface area (Å²) in [6.07, 6.45) is -0.00972. The molecule has 0 unspecified atom stereocenters. The van der Waals surface area contributed by atoms with Gasteiger partial charge in [-0.3, -0.25) is 4.79 Å². The standard InChI is InChI=1S/C9H9BrFNO2/c1-2-14-9(13)5-7-3-6(10)4-8(11)12-7/h3-4H,2,5H2,1H3. The van der Waals surface area contributed by atoms with Gasteiger partial charge in [0.2, 0.25) is 5.95 Å². The van der Waals surface area contributed by atoms with Crippen LogP contribution >= 0.6 is 15.9 Å². The van der Waals surface area contributed by atoms with Gasteiger partial charge >= 0.3 is 5.97 Å². The Morgan fingerprint density at radius 2 is 2.36 bits per heavy atom. The Bertz CT molecular complexity index is 323. The number of carbonyl (C=O) groups excluding carboxylic acids is 1. The van der Waals surface area contributed by atoms with Crippen molar-refractivity contribution in [2.45, 2.75) is 13.3 Å². The fourth-order valence-corrected chi connectivity index (χ4v) is 1.42. The topological polar surface area (TPSA) is 39.2 Å². The predicted molar refractivity (Wildman–Crippen MR) is 52.2 cm³/mol. The smallest absolute Gasteiger partial charge is 0.311 e. The molecule has 1 heterocycles. The number of hydrogen-bond donors (Lipinski definition) is 0. The van der Waals surface area contributed by atoms with E-state index in [2.05, 4.69) is 20.9 Å². The second-order valence-corrected chi connectivity index (χ2v) is 3.50. The number of pyridine rings is 1. The largest absolute Gasteiger partial charge is 0.466 e. The van der Waals surface area contributed by atoms with Gasteiger partial charge in [-0.05, 0) is 13.0 Å². The first-order valence-electron chi connectivity index (χ1n) is 4.09. The Morgan fingerprint density at radius 3 is 2.93 bits per heavy atom. The summed E-state index contributed by atoms with van der Waals surface area (Å²) in [7, 11) is 0. The summed E-state index contributed by atoms with van der Waals surface area (Å²) in [5.74, 6) is -1.02. The molecule has 0 amide bonds. The molecule has 0 saturated heterocycles. The van der Waals surface area contributed by atoms with E-state index in [0.29, 0.717) is 16.8 Å². The van der Waals surface area contributed by atoms with Crippen molar-refractivity contribution in [1.29, 1.82) is 0 Å². The normalized spacial score (nSPS) is 9.93. The third-order valence-electron chi connectivity index (χ3n) is 1.44. The number of esters is 1. The summed E-state index contributed by atoms with van der Waals surface area (Å²) < 4.78 is 18.0. The van der Waals surface area contributed by atoms with E-state index in [0.717, 1.165) is 0 Å². The molecular weight excluding hydrogens is 253 g/mol. The van der Waals surface area contributed by atoms with Gasteiger partial charge in [0.15, 0.2) is 0 Å². The highest BCUT2D eigenvalue weighted by Crippen LogP contribution is 2.12. The minimum Gasteiger partial charge on any atom is -0.466 e. The zero-order chi connectivity index (χ0) is 10.6. The molecule has 1 aromatic heterocycles. The van der Waals surface area contributed by atoms with Crippen LogP contribution in [0.3, 0.4) is 0 Å². The van der Waals surface area contributed by atoms with E-state index in [1.165, 1.54) is 6.07 Å². The maximum absolute atomic E-state index is 12.8. The molecule has 0 aliphatic heterocycles. The Hall–Kier alpha value is -0.970. The zero-order valence-corrected chi connectivity index (χ0v) is 9.17. The van der Waals surface area contributed by atoms with Gasteiger partial charge in [0.05, 0.1) is 18.7 Å². The van der Waals surface area contributed by atoms with Crippen molar-refractivity contribution in [3.05, 3.63) is 28.2 Å². The van der Waals surface area contributed by atoms with E-state index in [-0.39, 0.29) is 6.42 Å². The van der Waals surface area contributed by atoms with Gasteiger partial charge in [0.25, 0.3) is 0 Å². The number of nitrogens with zero attached hydrogens (tertiary/aromatic N) is 1. The molecule has 0 bridgehead atoms. The molecule has 0 saturated carbocycles. The molecule has 14 heavy (non-hydrogen) atoms. The monoisotopic (exact) mass is 261 g/mol. The summed E-state index contributed by atoms with van der Waals surface area (Å²) in [6, 6.07) is 2.81. The Morgan fingerprint density at radius 1 is 1.64 bits per heavy atom. The fraction of sp³-hybridized carbons (Fsp3) is 0.333. The zero-order valence-electron chi connectivity index (χ0n) is 7.59. The first kappa shape index (κ1) is 11.1. The second kappa shape index (κ2) is 5.05. The Balaban J connectivity index is 2.71. The van der Waals surface area contributed by atoms with Crippen LogP contribution in [0.2, 0.25) is 0 Å². The third-order valence-corrected chi connectivity index (χ3v) is 1.90. The van der Waals surface area contributed by atoms with Gasteiger partial charge < -0.3 is 4.74 Å². The van der Waals surface area contributed by atoms with Gasteiger partial charge in [-0.2, -0.15) is 4.39 Å². The average Bonchev–Trinajstić information content (AvgIpc) is 2.01. The molecule has 0 aromatic carbocycles. The average molecular weight is 262 g/mol. The maximum atomic E-state index is 12.8. The van der Waals surface area contributed by atoms with Crippen molar-refractivity contribution < 1.29 is 13.9 Å². The lowest BCUT2D eigenvalue weighted by Gasteiger charge is -2.01. The summed E-state index contributed by atoms with van der Waals surface area (Å²) in [5.41, 5.74) is 0.357. The first-order valence-corrected chi connectivity index (χ1v) is 4.88. The van der Waals surface area contributed by atoms with Crippen molar-refractivity contribution >= 4 is 21.9 Å². The van der Waals surface area contributed by atoms with Gasteiger partial charge in [0.1, 0.15) is 0 Å². The highest BCUT2D eigenvalue weighted by molar-refractivity contribution is 9.10. The number of ether oxygens (including phenoxy) is 1. The molecule has 0 atom stereocenters. The van der Waals surface area contributed by atoms with E-state index in [1.807, 2.05) is 0 Å². The van der Waals surface area contributed by atoms with Gasteiger partial charge in [-0.25, -0.2) is 4.98 Å². The molecule has 0 aliphatic carbocycles. The van der Waals surface area contributed by atoms with Crippen LogP contribution in [0.5, 0.6) is 0 Å². The van der Waals surface area contributed by atoms with Crippen LogP contribution in [-0.4, -0.2) is 17.6 Å². The molecule has 76 valence electrons. The number of rotatable bonds is 3. The number of carbonyl (C=O) groups is 1. The van der Waals surface area contributed by atoms with E-state index in [1.54, 1.807) is 13.0 Å². The minimum atomic E-state index is -0.612. The van der Waals surface area contributed by atoms with Crippen LogP contribution in [0, 0.1) is 5.95 Å². The van der Waals surface area contributed by atoms with E-state index >= 15 is 0 Å². The van der Waals surface area contributed by atoms with Crippen LogP contribution in [0.25, 0.3) is 0 Å². The highest BCUT2D eigenvalue weighted by Gasteiger charge is 2.07. The third kappa shape index (κ3) is 3.41. The lowest BCUT2D eigenvalue weighted by Crippen LogP contribution is -2.09. The van der Waals surface area contributed by atoms with E-state index in [9.17, 15) is 9.18 Å². The number of aromatic nitrogens is 1. The van der Waals surface area contributed by atoms with Crippen LogP contribution in [-0.2, 0) is 16.0 Å². The van der Waals surface area contributed by atoms with Crippen LogP contribution in [0.4, 0.5) is 4.39 Å². The summed E-state index contributed by atoms with van der Waals surface area (Å²) in [6.45, 7) is 2.03. The Kier molecular flexibility index (Phi) is 4.00. The molecule has 1 rings (SSSR count). The second-order valence-electron chi connectivity index (χ2n) is 2.58. The minimum absolute atomic E-state index is 0.00972. The molecule has 1 aromatic rings. The lowest BCUT2D eigenvalue weighted by molar-refractivity contribution is -0.142. The van der Waals surface area contributed by atoms with Crippen LogP contribution in [0.15, 0.2) is 16.6 Å². The molecule has 5 heteroatoms. The van der Waals surface area contributed by atoms with Gasteiger partial charge in [-0.15, -0.1) is 0 Å². The fourth-order valence-electron chi connectivity index (χ4n) is 0.967. The molecular formula is C9H9BrFNO2. The molecule has 0 N–H and O–H groups in total. The van der Waals surface area contributed by atoms with Crippen molar-refractivity contribution in [1.82, 2.24) is 4.98 Å². The van der Waals surface area contributed by atoms with Crippen molar-refractivity contribution in [2.75, 3.05) is 6.61 Å². The van der Waals surface area contributed by atoms with Gasteiger partial charge in [-0.1, -0.05) is 15.9 Å². The highest BCUT2D eigenvalue weighted by atomic mass is 79.9. The quantitative estimate of drug-likeness (QED) is 0.618. The van der Waals surface area contributed by atoms with Crippen LogP contribution in [0.1, 0.15) is 12.6 Å². The Labute approximate surface area is 89.4 Å². The van der Waals surface area contributed by atoms with E-state index in [4.69, 9.17) is 4.74 Å². The number of halogens is 2. The number of hydrogen-bond acceptors (Lipinski definition) is 3. The molecule has 0 spiro atoms. The van der Waals surface area contributed by atoms with Crippen molar-refractivity contribution in [3.63, 3.8) is 0 Å².